The number of carbonyl (C=O) groups excluding carboxylic acids is 1. The van der Waals surface area contributed by atoms with Gasteiger partial charge in [-0.1, -0.05) is 0 Å². The molecule has 2 heterocycles. The summed E-state index contributed by atoms with van der Waals surface area (Å²) in [6.45, 7) is 0. The number of carboxylic acid groups (broad SMARTS) is 1. The van der Waals surface area contributed by atoms with Crippen molar-refractivity contribution in [3.8, 4) is 0 Å². The van der Waals surface area contributed by atoms with Crippen molar-refractivity contribution >= 4 is 33.5 Å². The normalized spacial score (nSPS) is 12.2. The van der Waals surface area contributed by atoms with Crippen LogP contribution >= 0.6 is 15.9 Å². The van der Waals surface area contributed by atoms with E-state index in [1.807, 2.05) is 0 Å². The van der Waals surface area contributed by atoms with E-state index >= 15 is 0 Å². The van der Waals surface area contributed by atoms with Gasteiger partial charge < -0.3 is 10.0 Å². The number of carboxylic acids is 1. The maximum atomic E-state index is 14.0. The van der Waals surface area contributed by atoms with E-state index in [1.54, 1.807) is 18.3 Å². The largest absolute Gasteiger partial charge is 0.479 e. The second-order valence-electron chi connectivity index (χ2n) is 5.41. The maximum Gasteiger partial charge on any atom is 0.331 e. The fourth-order valence-corrected chi connectivity index (χ4v) is 2.78. The number of fused-ring (bicyclic) bond motifs is 1. The monoisotopic (exact) mass is 424 g/mol. The molecule has 1 N–H and O–H groups in total. The number of hydrogen-bond acceptors (Lipinski definition) is 4. The second kappa shape index (κ2) is 6.79. The van der Waals surface area contributed by atoms with Gasteiger partial charge in [0.1, 0.15) is 11.6 Å². The number of benzene rings is 1. The van der Waals surface area contributed by atoms with E-state index in [2.05, 4.69) is 26.0 Å². The molecule has 0 bridgehead atoms. The number of carbonyl (C=O) groups is 2. The van der Waals surface area contributed by atoms with Gasteiger partial charge in [-0.25, -0.2) is 23.1 Å². The van der Waals surface area contributed by atoms with Crippen molar-refractivity contribution in [2.24, 2.45) is 0 Å². The Bertz CT molecular complexity index is 1020. The fourth-order valence-electron chi connectivity index (χ4n) is 2.46. The summed E-state index contributed by atoms with van der Waals surface area (Å²) < 4.78 is 29.5. The molecular weight excluding hydrogens is 414 g/mol. The standard InChI is InChI=1S/C16H11BrF2N4O3/c1-22(13(16(25)26)10-6-9(18)3-4-11(10)19)15(24)14-20-12-5-2-8(17)7-23(12)21-14/h2-7,13H,1H3,(H,25,26). The molecular formula is C16H11BrF2N4O3. The molecule has 0 aliphatic carbocycles. The number of likely N-dealkylation sites (N-methyl/N-ethyl adjacent to an activating group) is 1. The zero-order valence-electron chi connectivity index (χ0n) is 13.2. The van der Waals surface area contributed by atoms with Crippen LogP contribution in [0, 0.1) is 11.6 Å². The summed E-state index contributed by atoms with van der Waals surface area (Å²) in [4.78, 5) is 29.0. The van der Waals surface area contributed by atoms with E-state index < -0.39 is 35.1 Å². The Hall–Kier alpha value is -2.88. The molecule has 0 fully saturated rings. The van der Waals surface area contributed by atoms with Gasteiger partial charge >= 0.3 is 5.97 Å². The Balaban J connectivity index is 2.00. The first-order valence-corrected chi connectivity index (χ1v) is 8.04. The summed E-state index contributed by atoms with van der Waals surface area (Å²) in [6.07, 6.45) is 1.57. The quantitative estimate of drug-likeness (QED) is 0.695. The molecule has 0 spiro atoms. The van der Waals surface area contributed by atoms with Gasteiger partial charge in [0, 0.05) is 23.3 Å². The Kier molecular flexibility index (Phi) is 4.68. The number of halogens is 3. The van der Waals surface area contributed by atoms with E-state index in [4.69, 9.17) is 0 Å². The highest BCUT2D eigenvalue weighted by Gasteiger charge is 2.33. The van der Waals surface area contributed by atoms with Gasteiger partial charge in [0.25, 0.3) is 5.91 Å². The topological polar surface area (TPSA) is 87.8 Å². The van der Waals surface area contributed by atoms with Crippen LogP contribution in [0.15, 0.2) is 41.0 Å². The van der Waals surface area contributed by atoms with E-state index in [9.17, 15) is 23.5 Å². The SMILES string of the molecule is CN(C(=O)c1nc2ccc(Br)cn2n1)C(C(=O)O)c1cc(F)ccc1F. The van der Waals surface area contributed by atoms with Crippen LogP contribution in [-0.2, 0) is 4.79 Å². The number of hydrogen-bond donors (Lipinski definition) is 1. The van der Waals surface area contributed by atoms with E-state index in [0.29, 0.717) is 10.1 Å². The van der Waals surface area contributed by atoms with Crippen LogP contribution in [0.2, 0.25) is 0 Å². The van der Waals surface area contributed by atoms with Crippen LogP contribution in [0.5, 0.6) is 0 Å². The molecule has 0 saturated heterocycles. The lowest BCUT2D eigenvalue weighted by atomic mass is 10.0. The number of aromatic nitrogens is 3. The van der Waals surface area contributed by atoms with Crippen molar-refractivity contribution in [1.29, 1.82) is 0 Å². The summed E-state index contributed by atoms with van der Waals surface area (Å²) in [5, 5.41) is 13.4. The predicted molar refractivity (Wildman–Crippen MR) is 89.5 cm³/mol. The van der Waals surface area contributed by atoms with E-state index in [0.717, 1.165) is 30.1 Å². The van der Waals surface area contributed by atoms with Gasteiger partial charge in [0.2, 0.25) is 5.82 Å². The molecule has 0 radical (unpaired) electrons. The smallest absolute Gasteiger partial charge is 0.331 e. The molecule has 26 heavy (non-hydrogen) atoms. The minimum Gasteiger partial charge on any atom is -0.479 e. The molecule has 1 amide bonds. The van der Waals surface area contributed by atoms with Crippen molar-refractivity contribution in [3.05, 3.63) is 64.0 Å². The third-order valence-corrected chi connectivity index (χ3v) is 4.15. The average molecular weight is 425 g/mol. The van der Waals surface area contributed by atoms with Crippen molar-refractivity contribution in [2.75, 3.05) is 7.05 Å². The molecule has 10 heteroatoms. The van der Waals surface area contributed by atoms with Gasteiger partial charge in [-0.3, -0.25) is 4.79 Å². The summed E-state index contributed by atoms with van der Waals surface area (Å²) in [7, 11) is 1.16. The minimum absolute atomic E-state index is 0.270. The molecule has 134 valence electrons. The molecule has 1 aromatic carbocycles. The minimum atomic E-state index is -1.74. The average Bonchev–Trinajstić information content (AvgIpc) is 3.00. The second-order valence-corrected chi connectivity index (χ2v) is 6.32. The first kappa shape index (κ1) is 17.9. The van der Waals surface area contributed by atoms with Gasteiger partial charge in [-0.05, 0) is 46.3 Å². The lowest BCUT2D eigenvalue weighted by Crippen LogP contribution is -2.37. The first-order chi connectivity index (χ1) is 12.3. The summed E-state index contributed by atoms with van der Waals surface area (Å²) >= 11 is 3.26. The lowest BCUT2D eigenvalue weighted by molar-refractivity contribution is -0.142. The third-order valence-electron chi connectivity index (χ3n) is 3.68. The molecule has 7 nitrogen and oxygen atoms in total. The highest BCUT2D eigenvalue weighted by Crippen LogP contribution is 2.25. The van der Waals surface area contributed by atoms with Crippen molar-refractivity contribution in [1.82, 2.24) is 19.5 Å². The molecule has 0 saturated carbocycles. The maximum absolute atomic E-state index is 14.0. The lowest BCUT2D eigenvalue weighted by Gasteiger charge is -2.24. The highest BCUT2D eigenvalue weighted by molar-refractivity contribution is 9.10. The zero-order valence-corrected chi connectivity index (χ0v) is 14.8. The summed E-state index contributed by atoms with van der Waals surface area (Å²) in [5.41, 5.74) is -0.103. The molecule has 1 unspecified atom stereocenters. The molecule has 0 aliphatic rings. The Morgan fingerprint density at radius 3 is 2.69 bits per heavy atom. The van der Waals surface area contributed by atoms with Crippen LogP contribution in [0.1, 0.15) is 22.2 Å². The fraction of sp³-hybridized carbons (Fsp3) is 0.125. The molecule has 2 aromatic heterocycles. The van der Waals surface area contributed by atoms with E-state index in [1.165, 1.54) is 4.52 Å². The van der Waals surface area contributed by atoms with Crippen LogP contribution in [0.3, 0.4) is 0 Å². The number of pyridine rings is 1. The van der Waals surface area contributed by atoms with Crippen LogP contribution in [-0.4, -0.2) is 43.5 Å². The number of rotatable bonds is 4. The first-order valence-electron chi connectivity index (χ1n) is 7.25. The Morgan fingerprint density at radius 2 is 2.00 bits per heavy atom. The third kappa shape index (κ3) is 3.27. The van der Waals surface area contributed by atoms with Crippen molar-refractivity contribution in [3.63, 3.8) is 0 Å². The van der Waals surface area contributed by atoms with Crippen molar-refractivity contribution in [2.45, 2.75) is 6.04 Å². The molecule has 3 aromatic rings. The van der Waals surface area contributed by atoms with Crippen LogP contribution in [0.4, 0.5) is 8.78 Å². The molecule has 1 atom stereocenters. The summed E-state index contributed by atoms with van der Waals surface area (Å²) in [6, 6.07) is 3.97. The molecule has 3 rings (SSSR count). The van der Waals surface area contributed by atoms with Gasteiger partial charge in [-0.2, -0.15) is 0 Å². The summed E-state index contributed by atoms with van der Waals surface area (Å²) in [5.74, 6) is -4.39. The Morgan fingerprint density at radius 1 is 1.27 bits per heavy atom. The van der Waals surface area contributed by atoms with Gasteiger partial charge in [-0.15, -0.1) is 5.10 Å². The van der Waals surface area contributed by atoms with Gasteiger partial charge in [0.15, 0.2) is 11.7 Å². The number of nitrogens with zero attached hydrogens (tertiary/aromatic N) is 4. The van der Waals surface area contributed by atoms with Gasteiger partial charge in [0.05, 0.1) is 0 Å². The predicted octanol–water partition coefficient (Wildman–Crippen LogP) is 2.67. The van der Waals surface area contributed by atoms with Crippen LogP contribution in [0.25, 0.3) is 5.65 Å². The zero-order chi connectivity index (χ0) is 19.0. The Labute approximate surface area is 154 Å². The highest BCUT2D eigenvalue weighted by atomic mass is 79.9. The number of aliphatic carboxylic acids is 1. The van der Waals surface area contributed by atoms with Crippen LogP contribution < -0.4 is 0 Å². The number of amides is 1. The molecule has 0 aliphatic heterocycles. The van der Waals surface area contributed by atoms with Crippen molar-refractivity contribution < 1.29 is 23.5 Å². The van der Waals surface area contributed by atoms with E-state index in [-0.39, 0.29) is 5.82 Å².